The molecule has 0 radical (unpaired) electrons. The van der Waals surface area contributed by atoms with E-state index >= 15 is 0 Å². The minimum atomic E-state index is -0.0724. The molecule has 5 heteroatoms. The first-order valence-corrected chi connectivity index (χ1v) is 7.30. The quantitative estimate of drug-likeness (QED) is 0.765. The number of aliphatic hydroxyl groups excluding tert-OH is 1. The Morgan fingerprint density at radius 1 is 1.40 bits per heavy atom. The fourth-order valence-corrected chi connectivity index (χ4v) is 2.33. The summed E-state index contributed by atoms with van der Waals surface area (Å²) in [6.07, 6.45) is 3.42. The number of aliphatic hydroxyl groups is 1. The summed E-state index contributed by atoms with van der Waals surface area (Å²) in [5.74, 6) is 0.533. The normalized spacial score (nSPS) is 10.7. The van der Waals surface area contributed by atoms with Gasteiger partial charge in [0, 0.05) is 25.3 Å². The Hall–Kier alpha value is -1.62. The SMILES string of the molecule is CCNc1ncccc1C(=O)N(CCO)C(CC)CC. The van der Waals surface area contributed by atoms with Gasteiger partial charge in [-0.15, -0.1) is 0 Å². The molecule has 0 saturated carbocycles. The van der Waals surface area contributed by atoms with E-state index in [1.807, 2.05) is 6.92 Å². The summed E-state index contributed by atoms with van der Waals surface area (Å²) < 4.78 is 0. The molecule has 0 saturated heterocycles. The second-order valence-electron chi connectivity index (χ2n) is 4.62. The zero-order valence-electron chi connectivity index (χ0n) is 12.6. The molecule has 0 fully saturated rings. The van der Waals surface area contributed by atoms with E-state index in [4.69, 9.17) is 0 Å². The van der Waals surface area contributed by atoms with Crippen molar-refractivity contribution in [3.8, 4) is 0 Å². The molecule has 0 unspecified atom stereocenters. The average Bonchev–Trinajstić information content (AvgIpc) is 2.48. The average molecular weight is 279 g/mol. The monoisotopic (exact) mass is 279 g/mol. The Labute approximate surface area is 121 Å². The third-order valence-electron chi connectivity index (χ3n) is 3.37. The van der Waals surface area contributed by atoms with Crippen molar-refractivity contribution in [2.75, 3.05) is 25.0 Å². The van der Waals surface area contributed by atoms with Crippen LogP contribution in [-0.4, -0.2) is 46.6 Å². The number of pyridine rings is 1. The van der Waals surface area contributed by atoms with Crippen LogP contribution in [0.4, 0.5) is 5.82 Å². The molecule has 0 atom stereocenters. The van der Waals surface area contributed by atoms with Gasteiger partial charge in [-0.05, 0) is 31.9 Å². The summed E-state index contributed by atoms with van der Waals surface area (Å²) in [6, 6.07) is 3.68. The van der Waals surface area contributed by atoms with E-state index < -0.39 is 0 Å². The number of rotatable bonds is 8. The van der Waals surface area contributed by atoms with Gasteiger partial charge in [0.25, 0.3) is 5.91 Å². The molecule has 1 heterocycles. The highest BCUT2D eigenvalue weighted by Gasteiger charge is 2.24. The highest BCUT2D eigenvalue weighted by Crippen LogP contribution is 2.18. The molecule has 112 valence electrons. The van der Waals surface area contributed by atoms with Crippen molar-refractivity contribution >= 4 is 11.7 Å². The zero-order valence-corrected chi connectivity index (χ0v) is 12.6. The topological polar surface area (TPSA) is 65.5 Å². The Morgan fingerprint density at radius 2 is 2.10 bits per heavy atom. The first-order chi connectivity index (χ1) is 9.69. The molecule has 1 aromatic heterocycles. The van der Waals surface area contributed by atoms with Crippen molar-refractivity contribution in [3.63, 3.8) is 0 Å². The predicted octanol–water partition coefficient (Wildman–Crippen LogP) is 2.14. The van der Waals surface area contributed by atoms with Crippen LogP contribution in [0.2, 0.25) is 0 Å². The van der Waals surface area contributed by atoms with E-state index in [-0.39, 0.29) is 18.6 Å². The maximum absolute atomic E-state index is 12.7. The smallest absolute Gasteiger partial charge is 0.257 e. The fourth-order valence-electron chi connectivity index (χ4n) is 2.33. The minimum absolute atomic E-state index is 0.0287. The van der Waals surface area contributed by atoms with Crippen LogP contribution >= 0.6 is 0 Å². The third-order valence-corrected chi connectivity index (χ3v) is 3.37. The Bertz CT molecular complexity index is 419. The largest absolute Gasteiger partial charge is 0.395 e. The number of hydrogen-bond acceptors (Lipinski definition) is 4. The van der Waals surface area contributed by atoms with Gasteiger partial charge in [0.2, 0.25) is 0 Å². The second-order valence-corrected chi connectivity index (χ2v) is 4.62. The van der Waals surface area contributed by atoms with E-state index in [1.54, 1.807) is 23.2 Å². The van der Waals surface area contributed by atoms with Crippen LogP contribution in [0.15, 0.2) is 18.3 Å². The van der Waals surface area contributed by atoms with E-state index in [2.05, 4.69) is 24.1 Å². The van der Waals surface area contributed by atoms with Crippen molar-refractivity contribution in [3.05, 3.63) is 23.9 Å². The molecule has 0 aliphatic carbocycles. The number of aromatic nitrogens is 1. The standard InChI is InChI=1S/C15H25N3O2/c1-4-12(5-2)18(10-11-19)15(20)13-8-7-9-17-14(13)16-6-3/h7-9,12,19H,4-6,10-11H2,1-3H3,(H,16,17). The highest BCUT2D eigenvalue weighted by molar-refractivity contribution is 5.98. The van der Waals surface area contributed by atoms with Crippen LogP contribution in [-0.2, 0) is 0 Å². The number of hydrogen-bond donors (Lipinski definition) is 2. The first-order valence-electron chi connectivity index (χ1n) is 7.30. The summed E-state index contributed by atoms with van der Waals surface area (Å²) in [5.41, 5.74) is 0.565. The number of carbonyl (C=O) groups is 1. The highest BCUT2D eigenvalue weighted by atomic mass is 16.3. The molecule has 0 aromatic carbocycles. The van der Waals surface area contributed by atoms with Gasteiger partial charge in [0.05, 0.1) is 12.2 Å². The zero-order chi connectivity index (χ0) is 15.0. The molecular weight excluding hydrogens is 254 g/mol. The number of nitrogens with zero attached hydrogens (tertiary/aromatic N) is 2. The van der Waals surface area contributed by atoms with Gasteiger partial charge in [-0.1, -0.05) is 13.8 Å². The molecular formula is C15H25N3O2. The van der Waals surface area contributed by atoms with Crippen LogP contribution in [0.25, 0.3) is 0 Å². The Balaban J connectivity index is 3.05. The van der Waals surface area contributed by atoms with E-state index in [0.717, 1.165) is 12.8 Å². The molecule has 20 heavy (non-hydrogen) atoms. The van der Waals surface area contributed by atoms with Gasteiger partial charge in [-0.3, -0.25) is 4.79 Å². The van der Waals surface area contributed by atoms with Crippen LogP contribution in [0.1, 0.15) is 44.0 Å². The molecule has 0 aliphatic rings. The first kappa shape index (κ1) is 16.4. The third kappa shape index (κ3) is 3.93. The van der Waals surface area contributed by atoms with E-state index in [1.165, 1.54) is 0 Å². The van der Waals surface area contributed by atoms with E-state index in [9.17, 15) is 9.90 Å². The molecule has 0 bridgehead atoms. The maximum atomic E-state index is 12.7. The van der Waals surface area contributed by atoms with Crippen molar-refractivity contribution in [1.29, 1.82) is 0 Å². The Morgan fingerprint density at radius 3 is 2.65 bits per heavy atom. The lowest BCUT2D eigenvalue weighted by Gasteiger charge is -2.30. The summed E-state index contributed by atoms with van der Waals surface area (Å²) >= 11 is 0. The van der Waals surface area contributed by atoms with Gasteiger partial charge >= 0.3 is 0 Å². The van der Waals surface area contributed by atoms with Gasteiger partial charge in [-0.25, -0.2) is 4.98 Å². The molecule has 1 rings (SSSR count). The maximum Gasteiger partial charge on any atom is 0.257 e. The number of carbonyl (C=O) groups excluding carboxylic acids is 1. The summed E-state index contributed by atoms with van der Waals surface area (Å²) in [6.45, 7) is 7.11. The number of amides is 1. The lowest BCUT2D eigenvalue weighted by atomic mass is 10.1. The van der Waals surface area contributed by atoms with Crippen LogP contribution in [0.5, 0.6) is 0 Å². The van der Waals surface area contributed by atoms with Gasteiger partial charge in [0.15, 0.2) is 0 Å². The van der Waals surface area contributed by atoms with Crippen molar-refractivity contribution in [2.24, 2.45) is 0 Å². The van der Waals surface area contributed by atoms with Crippen LogP contribution < -0.4 is 5.32 Å². The van der Waals surface area contributed by atoms with Crippen LogP contribution in [0.3, 0.4) is 0 Å². The molecule has 5 nitrogen and oxygen atoms in total. The summed E-state index contributed by atoms with van der Waals surface area (Å²) in [4.78, 5) is 18.7. The molecule has 1 amide bonds. The van der Waals surface area contributed by atoms with Crippen molar-refractivity contribution < 1.29 is 9.90 Å². The molecule has 0 aliphatic heterocycles. The molecule has 0 spiro atoms. The summed E-state index contributed by atoms with van der Waals surface area (Å²) in [7, 11) is 0. The lowest BCUT2D eigenvalue weighted by molar-refractivity contribution is 0.0623. The predicted molar refractivity (Wildman–Crippen MR) is 80.9 cm³/mol. The summed E-state index contributed by atoms with van der Waals surface area (Å²) in [5, 5.41) is 12.3. The Kier molecular flexibility index (Phi) is 7.01. The van der Waals surface area contributed by atoms with Crippen LogP contribution in [0, 0.1) is 0 Å². The number of nitrogens with one attached hydrogen (secondary N) is 1. The molecule has 2 N–H and O–H groups in total. The van der Waals surface area contributed by atoms with Crippen molar-refractivity contribution in [2.45, 2.75) is 39.7 Å². The van der Waals surface area contributed by atoms with Crippen molar-refractivity contribution in [1.82, 2.24) is 9.88 Å². The molecule has 1 aromatic rings. The number of anilines is 1. The van der Waals surface area contributed by atoms with Gasteiger partial charge in [0.1, 0.15) is 5.82 Å². The minimum Gasteiger partial charge on any atom is -0.395 e. The van der Waals surface area contributed by atoms with Gasteiger partial charge in [-0.2, -0.15) is 0 Å². The fraction of sp³-hybridized carbons (Fsp3) is 0.600. The second kappa shape index (κ2) is 8.53. The lowest BCUT2D eigenvalue weighted by Crippen LogP contribution is -2.41. The van der Waals surface area contributed by atoms with E-state index in [0.29, 0.717) is 24.5 Å². The van der Waals surface area contributed by atoms with Gasteiger partial charge < -0.3 is 15.3 Å².